The van der Waals surface area contributed by atoms with E-state index < -0.39 is 0 Å². The summed E-state index contributed by atoms with van der Waals surface area (Å²) in [7, 11) is 0. The van der Waals surface area contributed by atoms with E-state index in [4.69, 9.17) is 0 Å². The monoisotopic (exact) mass is 277 g/mol. The summed E-state index contributed by atoms with van der Waals surface area (Å²) in [5.74, 6) is 0.495. The Morgan fingerprint density at radius 1 is 1.26 bits per heavy atom. The van der Waals surface area contributed by atoms with Gasteiger partial charge in [-0.05, 0) is 25.3 Å². The molecule has 0 aliphatic carbocycles. The SMILES string of the molecule is CC(C)SC(=O)N1CC(c2ccccc2)CCC1C. The highest BCUT2D eigenvalue weighted by Gasteiger charge is 2.30. The number of hydrogen-bond acceptors (Lipinski definition) is 2. The molecule has 2 atom stereocenters. The molecule has 2 unspecified atom stereocenters. The van der Waals surface area contributed by atoms with Crippen LogP contribution in [0.4, 0.5) is 4.79 Å². The van der Waals surface area contributed by atoms with E-state index in [2.05, 4.69) is 49.9 Å². The standard InChI is InChI=1S/C16H23NOS/c1-12(2)19-16(18)17-11-15(10-9-13(17)3)14-7-5-4-6-8-14/h4-8,12-13,15H,9-11H2,1-3H3. The van der Waals surface area contributed by atoms with E-state index in [-0.39, 0.29) is 5.24 Å². The lowest BCUT2D eigenvalue weighted by atomic mass is 9.88. The maximum absolute atomic E-state index is 12.3. The van der Waals surface area contributed by atoms with Gasteiger partial charge in [0.25, 0.3) is 5.24 Å². The summed E-state index contributed by atoms with van der Waals surface area (Å²) in [4.78, 5) is 14.3. The average Bonchev–Trinajstić information content (AvgIpc) is 2.39. The van der Waals surface area contributed by atoms with Gasteiger partial charge in [-0.3, -0.25) is 4.79 Å². The molecule has 1 aliphatic rings. The molecule has 1 heterocycles. The topological polar surface area (TPSA) is 20.3 Å². The highest BCUT2D eigenvalue weighted by atomic mass is 32.2. The van der Waals surface area contributed by atoms with Gasteiger partial charge in [-0.15, -0.1) is 0 Å². The molecular weight excluding hydrogens is 254 g/mol. The first kappa shape index (κ1) is 14.4. The van der Waals surface area contributed by atoms with E-state index in [1.165, 1.54) is 23.7 Å². The number of hydrogen-bond donors (Lipinski definition) is 0. The van der Waals surface area contributed by atoms with Crippen molar-refractivity contribution >= 4 is 17.0 Å². The van der Waals surface area contributed by atoms with Crippen LogP contribution in [-0.2, 0) is 0 Å². The quantitative estimate of drug-likeness (QED) is 0.792. The zero-order valence-corrected chi connectivity index (χ0v) is 12.8. The fourth-order valence-corrected chi connectivity index (χ4v) is 3.42. The van der Waals surface area contributed by atoms with E-state index in [1.807, 2.05) is 6.07 Å². The second kappa shape index (κ2) is 6.47. The Hall–Kier alpha value is -0.960. The molecule has 19 heavy (non-hydrogen) atoms. The van der Waals surface area contributed by atoms with Crippen LogP contribution in [0, 0.1) is 0 Å². The Kier molecular flexibility index (Phi) is 4.92. The van der Waals surface area contributed by atoms with Gasteiger partial charge in [-0.25, -0.2) is 0 Å². The van der Waals surface area contributed by atoms with Gasteiger partial charge in [0.1, 0.15) is 0 Å². The van der Waals surface area contributed by atoms with Crippen LogP contribution in [0.25, 0.3) is 0 Å². The van der Waals surface area contributed by atoms with Gasteiger partial charge < -0.3 is 4.90 Å². The summed E-state index contributed by atoms with van der Waals surface area (Å²) in [5.41, 5.74) is 1.36. The second-order valence-electron chi connectivity index (χ2n) is 5.62. The molecule has 104 valence electrons. The second-order valence-corrected chi connectivity index (χ2v) is 7.15. The van der Waals surface area contributed by atoms with E-state index in [0.717, 1.165) is 13.0 Å². The van der Waals surface area contributed by atoms with E-state index in [0.29, 0.717) is 17.2 Å². The van der Waals surface area contributed by atoms with Gasteiger partial charge in [0.05, 0.1) is 0 Å². The van der Waals surface area contributed by atoms with E-state index >= 15 is 0 Å². The number of rotatable bonds is 2. The van der Waals surface area contributed by atoms with Crippen molar-refractivity contribution in [2.24, 2.45) is 0 Å². The Labute approximate surface area is 120 Å². The third-order valence-electron chi connectivity index (χ3n) is 3.72. The maximum Gasteiger partial charge on any atom is 0.282 e. The molecule has 2 rings (SSSR count). The summed E-state index contributed by atoms with van der Waals surface area (Å²) >= 11 is 1.45. The van der Waals surface area contributed by atoms with Crippen molar-refractivity contribution < 1.29 is 4.79 Å². The van der Waals surface area contributed by atoms with Gasteiger partial charge in [-0.1, -0.05) is 55.9 Å². The Bertz CT molecular complexity index is 418. The maximum atomic E-state index is 12.3. The number of carbonyl (C=O) groups excluding carboxylic acids is 1. The fourth-order valence-electron chi connectivity index (χ4n) is 2.63. The van der Waals surface area contributed by atoms with Crippen LogP contribution < -0.4 is 0 Å². The predicted octanol–water partition coefficient (Wildman–Crippen LogP) is 4.52. The molecule has 0 saturated carbocycles. The normalized spacial score (nSPS) is 23.7. The van der Waals surface area contributed by atoms with Crippen LogP contribution in [0.2, 0.25) is 0 Å². The van der Waals surface area contributed by atoms with Gasteiger partial charge >= 0.3 is 0 Å². The van der Waals surface area contributed by atoms with Crippen LogP contribution in [-0.4, -0.2) is 28.0 Å². The highest BCUT2D eigenvalue weighted by molar-refractivity contribution is 8.14. The first-order valence-corrected chi connectivity index (χ1v) is 7.98. The third-order valence-corrected chi connectivity index (χ3v) is 4.63. The molecule has 1 aromatic carbocycles. The van der Waals surface area contributed by atoms with Gasteiger partial charge in [0.15, 0.2) is 0 Å². The van der Waals surface area contributed by atoms with E-state index in [1.54, 1.807) is 0 Å². The van der Waals surface area contributed by atoms with Crippen LogP contribution in [0.15, 0.2) is 30.3 Å². The van der Waals surface area contributed by atoms with Gasteiger partial charge in [0, 0.05) is 23.8 Å². The Morgan fingerprint density at radius 2 is 1.95 bits per heavy atom. The van der Waals surface area contributed by atoms with Crippen LogP contribution in [0.1, 0.15) is 45.1 Å². The fraction of sp³-hybridized carbons (Fsp3) is 0.562. The van der Waals surface area contributed by atoms with E-state index in [9.17, 15) is 4.79 Å². The van der Waals surface area contributed by atoms with Gasteiger partial charge in [-0.2, -0.15) is 0 Å². The third kappa shape index (κ3) is 3.75. The van der Waals surface area contributed by atoms with Crippen LogP contribution >= 0.6 is 11.8 Å². The predicted molar refractivity (Wildman–Crippen MR) is 82.7 cm³/mol. The number of amides is 1. The molecule has 3 heteroatoms. The molecule has 1 aliphatic heterocycles. The molecule has 1 fully saturated rings. The molecule has 1 aromatic rings. The first-order chi connectivity index (χ1) is 9.08. The molecule has 1 amide bonds. The summed E-state index contributed by atoms with van der Waals surface area (Å²) in [6.07, 6.45) is 2.28. The van der Waals surface area contributed by atoms with Crippen molar-refractivity contribution in [2.45, 2.75) is 50.8 Å². The Morgan fingerprint density at radius 3 is 2.58 bits per heavy atom. The van der Waals surface area contributed by atoms with Crippen molar-refractivity contribution in [2.75, 3.05) is 6.54 Å². The minimum Gasteiger partial charge on any atom is -0.330 e. The number of carbonyl (C=O) groups is 1. The van der Waals surface area contributed by atoms with Crippen LogP contribution in [0.3, 0.4) is 0 Å². The molecule has 0 N–H and O–H groups in total. The zero-order chi connectivity index (χ0) is 13.8. The smallest absolute Gasteiger partial charge is 0.282 e. The minimum absolute atomic E-state index is 0.239. The zero-order valence-electron chi connectivity index (χ0n) is 12.0. The molecular formula is C16H23NOS. The first-order valence-electron chi connectivity index (χ1n) is 7.10. The summed E-state index contributed by atoms with van der Waals surface area (Å²) in [6.45, 7) is 7.18. The van der Waals surface area contributed by atoms with Crippen molar-refractivity contribution in [3.05, 3.63) is 35.9 Å². The summed E-state index contributed by atoms with van der Waals surface area (Å²) in [5, 5.41) is 0.597. The van der Waals surface area contributed by atoms with Crippen molar-refractivity contribution in [3.63, 3.8) is 0 Å². The Balaban J connectivity index is 2.06. The number of thioether (sulfide) groups is 1. The average molecular weight is 277 g/mol. The molecule has 0 spiro atoms. The lowest BCUT2D eigenvalue weighted by molar-refractivity contribution is 0.170. The molecule has 1 saturated heterocycles. The lowest BCUT2D eigenvalue weighted by Gasteiger charge is -2.38. The minimum atomic E-state index is 0.239. The molecule has 0 bridgehead atoms. The molecule has 0 aromatic heterocycles. The number of piperidine rings is 1. The van der Waals surface area contributed by atoms with Crippen LogP contribution in [0.5, 0.6) is 0 Å². The largest absolute Gasteiger partial charge is 0.330 e. The van der Waals surface area contributed by atoms with Crippen molar-refractivity contribution in [1.82, 2.24) is 4.90 Å². The highest BCUT2D eigenvalue weighted by Crippen LogP contribution is 2.32. The van der Waals surface area contributed by atoms with Crippen molar-refractivity contribution in [1.29, 1.82) is 0 Å². The molecule has 0 radical (unpaired) electrons. The lowest BCUT2D eigenvalue weighted by Crippen LogP contribution is -2.43. The van der Waals surface area contributed by atoms with Crippen molar-refractivity contribution in [3.8, 4) is 0 Å². The molecule has 2 nitrogen and oxygen atoms in total. The summed E-state index contributed by atoms with van der Waals surface area (Å²) < 4.78 is 0. The number of benzene rings is 1. The number of nitrogens with zero attached hydrogens (tertiary/aromatic N) is 1. The summed E-state index contributed by atoms with van der Waals surface area (Å²) in [6, 6.07) is 11.0. The van der Waals surface area contributed by atoms with Gasteiger partial charge in [0.2, 0.25) is 0 Å². The number of likely N-dealkylation sites (tertiary alicyclic amines) is 1.